The van der Waals surface area contributed by atoms with Crippen LogP contribution < -0.4 is 0 Å². The van der Waals surface area contributed by atoms with Crippen molar-refractivity contribution in [3.05, 3.63) is 48.1 Å². The molecule has 0 amide bonds. The van der Waals surface area contributed by atoms with Crippen molar-refractivity contribution in [1.82, 2.24) is 0 Å². The second-order valence-corrected chi connectivity index (χ2v) is 6.10. The first-order valence-corrected chi connectivity index (χ1v) is 7.19. The van der Waals surface area contributed by atoms with E-state index in [2.05, 4.69) is 30.9 Å². The molecule has 0 aromatic heterocycles. The molecule has 1 heteroatoms. The Morgan fingerprint density at radius 2 is 2.22 bits per heavy atom. The standard InChI is InChI=1S/C17H20O/c1-2-11-7-14-8-12-5-3-4-6-13-9-15(18-10-11)17(14)16(12)13/h2-3,5,7,9,12,14-17H,1,4,6,8,10H2/t12-,14+,15-,16+,17-/m1/s1. The van der Waals surface area contributed by atoms with Gasteiger partial charge in [0.05, 0.1) is 12.7 Å². The minimum atomic E-state index is 0.361. The molecule has 0 unspecified atom stereocenters. The summed E-state index contributed by atoms with van der Waals surface area (Å²) in [7, 11) is 0. The predicted octanol–water partition coefficient (Wildman–Crippen LogP) is 3.66. The first kappa shape index (κ1) is 10.8. The SMILES string of the molecule is C=CC1=C[C@H]2C[C@H]3C=CCCC4=C[C@@H](OC1)[C@@H]2[C@H]43. The van der Waals surface area contributed by atoms with Crippen molar-refractivity contribution in [3.8, 4) is 0 Å². The fourth-order valence-corrected chi connectivity index (χ4v) is 4.52. The Kier molecular flexibility index (Phi) is 2.38. The molecule has 1 nitrogen and oxygen atoms in total. The van der Waals surface area contributed by atoms with Gasteiger partial charge in [0.1, 0.15) is 0 Å². The van der Waals surface area contributed by atoms with E-state index in [1.54, 1.807) is 5.57 Å². The highest BCUT2D eigenvalue weighted by atomic mass is 16.5. The summed E-state index contributed by atoms with van der Waals surface area (Å²) in [6, 6.07) is 0. The second kappa shape index (κ2) is 3.96. The zero-order chi connectivity index (χ0) is 12.1. The quantitative estimate of drug-likeness (QED) is 0.636. The van der Waals surface area contributed by atoms with Crippen LogP contribution in [0.2, 0.25) is 0 Å². The van der Waals surface area contributed by atoms with Crippen LogP contribution in [0.1, 0.15) is 19.3 Å². The summed E-state index contributed by atoms with van der Waals surface area (Å²) in [5.41, 5.74) is 2.96. The third kappa shape index (κ3) is 1.43. The third-order valence-corrected chi connectivity index (χ3v) is 5.22. The van der Waals surface area contributed by atoms with Gasteiger partial charge in [-0.1, -0.05) is 42.5 Å². The zero-order valence-corrected chi connectivity index (χ0v) is 10.7. The van der Waals surface area contributed by atoms with Crippen LogP contribution in [0.4, 0.5) is 0 Å². The van der Waals surface area contributed by atoms with Gasteiger partial charge >= 0.3 is 0 Å². The van der Waals surface area contributed by atoms with Crippen LogP contribution in [0.3, 0.4) is 0 Å². The molecule has 0 spiro atoms. The lowest BCUT2D eigenvalue weighted by molar-refractivity contribution is 0.0587. The van der Waals surface area contributed by atoms with Crippen molar-refractivity contribution >= 4 is 0 Å². The van der Waals surface area contributed by atoms with Crippen LogP contribution in [0.5, 0.6) is 0 Å². The van der Waals surface area contributed by atoms with Gasteiger partial charge in [-0.2, -0.15) is 0 Å². The average molecular weight is 240 g/mol. The molecule has 4 aliphatic rings. The fraction of sp³-hybridized carbons (Fsp3) is 0.529. The topological polar surface area (TPSA) is 9.23 Å². The van der Waals surface area contributed by atoms with Gasteiger partial charge in [-0.3, -0.25) is 0 Å². The molecular formula is C17H20O. The monoisotopic (exact) mass is 240 g/mol. The lowest BCUT2D eigenvalue weighted by atomic mass is 9.84. The Labute approximate surface area is 109 Å². The van der Waals surface area contributed by atoms with E-state index in [9.17, 15) is 0 Å². The molecule has 1 heterocycles. The van der Waals surface area contributed by atoms with Gasteiger partial charge in [-0.05, 0) is 42.6 Å². The lowest BCUT2D eigenvalue weighted by Gasteiger charge is -2.22. The molecule has 4 rings (SSSR count). The zero-order valence-electron chi connectivity index (χ0n) is 10.7. The Morgan fingerprint density at radius 1 is 1.28 bits per heavy atom. The van der Waals surface area contributed by atoms with Gasteiger partial charge in [-0.25, -0.2) is 0 Å². The van der Waals surface area contributed by atoms with Gasteiger partial charge in [0, 0.05) is 5.92 Å². The maximum absolute atomic E-state index is 6.12. The van der Waals surface area contributed by atoms with Crippen molar-refractivity contribution in [2.24, 2.45) is 23.7 Å². The average Bonchev–Trinajstić information content (AvgIpc) is 2.76. The highest BCUT2D eigenvalue weighted by Crippen LogP contribution is 2.55. The van der Waals surface area contributed by atoms with Gasteiger partial charge < -0.3 is 4.74 Å². The van der Waals surface area contributed by atoms with Gasteiger partial charge in [0.25, 0.3) is 0 Å². The van der Waals surface area contributed by atoms with E-state index >= 15 is 0 Å². The smallest absolute Gasteiger partial charge is 0.0802 e. The molecular weight excluding hydrogens is 220 g/mol. The van der Waals surface area contributed by atoms with Crippen molar-refractivity contribution in [1.29, 1.82) is 0 Å². The van der Waals surface area contributed by atoms with Gasteiger partial charge in [0.15, 0.2) is 0 Å². The van der Waals surface area contributed by atoms with E-state index in [0.717, 1.165) is 18.4 Å². The number of rotatable bonds is 1. The molecule has 0 aromatic rings. The van der Waals surface area contributed by atoms with E-state index in [1.165, 1.54) is 24.8 Å². The normalized spacial score (nSPS) is 44.8. The Bertz CT molecular complexity index is 468. The van der Waals surface area contributed by atoms with Gasteiger partial charge in [-0.15, -0.1) is 0 Å². The highest BCUT2D eigenvalue weighted by molar-refractivity contribution is 5.33. The first-order chi connectivity index (χ1) is 8.86. The van der Waals surface area contributed by atoms with Crippen molar-refractivity contribution < 1.29 is 4.74 Å². The number of ether oxygens (including phenoxy) is 1. The maximum atomic E-state index is 6.12. The van der Waals surface area contributed by atoms with Crippen LogP contribution >= 0.6 is 0 Å². The Hall–Kier alpha value is -1.08. The van der Waals surface area contributed by atoms with E-state index in [-0.39, 0.29) is 0 Å². The van der Waals surface area contributed by atoms with E-state index < -0.39 is 0 Å². The minimum absolute atomic E-state index is 0.361. The summed E-state index contributed by atoms with van der Waals surface area (Å²) < 4.78 is 6.12. The molecule has 5 atom stereocenters. The van der Waals surface area contributed by atoms with Crippen LogP contribution in [-0.2, 0) is 4.74 Å². The molecule has 0 aromatic carbocycles. The number of hydrogen-bond donors (Lipinski definition) is 0. The Balaban J connectivity index is 1.76. The molecule has 1 fully saturated rings. The Morgan fingerprint density at radius 3 is 3.11 bits per heavy atom. The summed E-state index contributed by atoms with van der Waals surface area (Å²) in [4.78, 5) is 0. The molecule has 0 radical (unpaired) electrons. The van der Waals surface area contributed by atoms with E-state index in [1.807, 2.05) is 6.08 Å². The number of hydrogen-bond acceptors (Lipinski definition) is 1. The van der Waals surface area contributed by atoms with Crippen LogP contribution in [0, 0.1) is 23.7 Å². The molecule has 94 valence electrons. The molecule has 0 bridgehead atoms. The summed E-state index contributed by atoms with van der Waals surface area (Å²) in [5.74, 6) is 2.91. The molecule has 0 N–H and O–H groups in total. The van der Waals surface area contributed by atoms with Crippen molar-refractivity contribution in [3.63, 3.8) is 0 Å². The van der Waals surface area contributed by atoms with Crippen LogP contribution in [-0.4, -0.2) is 12.7 Å². The van der Waals surface area contributed by atoms with Crippen LogP contribution in [0.15, 0.2) is 48.1 Å². The van der Waals surface area contributed by atoms with Gasteiger partial charge in [0.2, 0.25) is 0 Å². The summed E-state index contributed by atoms with van der Waals surface area (Å²) in [6.45, 7) is 4.65. The minimum Gasteiger partial charge on any atom is -0.369 e. The molecule has 1 aliphatic heterocycles. The highest BCUT2D eigenvalue weighted by Gasteiger charge is 2.51. The maximum Gasteiger partial charge on any atom is 0.0802 e. The molecule has 1 saturated carbocycles. The largest absolute Gasteiger partial charge is 0.369 e. The lowest BCUT2D eigenvalue weighted by Crippen LogP contribution is -2.24. The summed E-state index contributed by atoms with van der Waals surface area (Å²) in [5, 5.41) is 0. The predicted molar refractivity (Wildman–Crippen MR) is 73.1 cm³/mol. The van der Waals surface area contributed by atoms with E-state index in [0.29, 0.717) is 17.9 Å². The van der Waals surface area contributed by atoms with Crippen molar-refractivity contribution in [2.75, 3.05) is 6.61 Å². The molecule has 18 heavy (non-hydrogen) atoms. The first-order valence-electron chi connectivity index (χ1n) is 7.19. The molecule has 0 saturated heterocycles. The third-order valence-electron chi connectivity index (χ3n) is 5.22. The van der Waals surface area contributed by atoms with E-state index in [4.69, 9.17) is 4.74 Å². The fourth-order valence-electron chi connectivity index (χ4n) is 4.52. The van der Waals surface area contributed by atoms with Crippen LogP contribution in [0.25, 0.3) is 0 Å². The molecule has 3 aliphatic carbocycles. The number of allylic oxidation sites excluding steroid dienone is 4. The summed E-state index contributed by atoms with van der Waals surface area (Å²) in [6.07, 6.45) is 15.9. The second-order valence-electron chi connectivity index (χ2n) is 6.10. The summed E-state index contributed by atoms with van der Waals surface area (Å²) >= 11 is 0. The van der Waals surface area contributed by atoms with Crippen molar-refractivity contribution in [2.45, 2.75) is 25.4 Å².